The van der Waals surface area contributed by atoms with Crippen molar-refractivity contribution in [3.63, 3.8) is 0 Å². The van der Waals surface area contributed by atoms with Crippen LogP contribution in [-0.2, 0) is 20.9 Å². The van der Waals surface area contributed by atoms with Gasteiger partial charge >= 0.3 is 11.9 Å². The number of hydrogen-bond acceptors (Lipinski definition) is 5. The summed E-state index contributed by atoms with van der Waals surface area (Å²) in [5, 5.41) is 0. The summed E-state index contributed by atoms with van der Waals surface area (Å²) >= 11 is 0. The number of benzene rings is 1. The number of carbonyl (C=O) groups excluding carboxylic acids is 2. The van der Waals surface area contributed by atoms with Gasteiger partial charge in [0.05, 0.1) is 18.4 Å². The molecule has 2 aromatic rings. The molecule has 6 nitrogen and oxygen atoms in total. The van der Waals surface area contributed by atoms with Gasteiger partial charge in [0.1, 0.15) is 18.0 Å². The van der Waals surface area contributed by atoms with Crippen LogP contribution in [-0.4, -0.2) is 24.0 Å². The van der Waals surface area contributed by atoms with Crippen molar-refractivity contribution < 1.29 is 23.5 Å². The van der Waals surface area contributed by atoms with Gasteiger partial charge in [-0.2, -0.15) is 0 Å². The van der Waals surface area contributed by atoms with Crippen LogP contribution in [0.5, 0.6) is 0 Å². The van der Waals surface area contributed by atoms with Crippen molar-refractivity contribution in [3.8, 4) is 11.1 Å². The van der Waals surface area contributed by atoms with E-state index in [1.54, 1.807) is 6.92 Å². The highest BCUT2D eigenvalue weighted by Gasteiger charge is 2.20. The van der Waals surface area contributed by atoms with Gasteiger partial charge in [-0.15, -0.1) is 0 Å². The Hall–Kier alpha value is -2.96. The second-order valence-corrected chi connectivity index (χ2v) is 5.12. The van der Waals surface area contributed by atoms with Crippen LogP contribution in [0.25, 0.3) is 11.1 Å². The van der Waals surface area contributed by atoms with Gasteiger partial charge in [0.2, 0.25) is 5.43 Å². The van der Waals surface area contributed by atoms with Crippen molar-refractivity contribution >= 4 is 11.9 Å². The van der Waals surface area contributed by atoms with E-state index >= 15 is 0 Å². The predicted molar refractivity (Wildman–Crippen MR) is 84.0 cm³/mol. The van der Waals surface area contributed by atoms with E-state index in [4.69, 9.17) is 4.74 Å². The molecule has 0 aliphatic carbocycles. The number of ether oxygens (including phenoxy) is 2. The lowest BCUT2D eigenvalue weighted by atomic mass is 9.97. The third kappa shape index (κ3) is 3.51. The quantitative estimate of drug-likeness (QED) is 0.868. The zero-order chi connectivity index (χ0) is 17.9. The SMILES string of the molecule is COC(=O)c1c[nH]c(COC(C)=O)c(-c2ccc(F)cc2C)c1=O. The van der Waals surface area contributed by atoms with Crippen molar-refractivity contribution in [2.45, 2.75) is 20.5 Å². The number of halogens is 1. The lowest BCUT2D eigenvalue weighted by Crippen LogP contribution is -2.21. The third-order valence-corrected chi connectivity index (χ3v) is 3.45. The van der Waals surface area contributed by atoms with Gasteiger partial charge in [0.15, 0.2) is 0 Å². The molecule has 24 heavy (non-hydrogen) atoms. The molecule has 0 bridgehead atoms. The minimum Gasteiger partial charge on any atom is -0.465 e. The highest BCUT2D eigenvalue weighted by atomic mass is 19.1. The average Bonchev–Trinajstić information content (AvgIpc) is 2.53. The second-order valence-electron chi connectivity index (χ2n) is 5.12. The summed E-state index contributed by atoms with van der Waals surface area (Å²) in [5.41, 5.74) is 0.603. The monoisotopic (exact) mass is 333 g/mol. The fourth-order valence-corrected chi connectivity index (χ4v) is 2.31. The minimum absolute atomic E-state index is 0.136. The number of H-pyrrole nitrogens is 1. The van der Waals surface area contributed by atoms with Crippen molar-refractivity contribution in [1.82, 2.24) is 4.98 Å². The zero-order valence-corrected chi connectivity index (χ0v) is 13.4. The molecule has 0 saturated carbocycles. The summed E-state index contributed by atoms with van der Waals surface area (Å²) in [6.07, 6.45) is 1.20. The second kappa shape index (κ2) is 7.08. The van der Waals surface area contributed by atoms with Gasteiger partial charge < -0.3 is 14.5 Å². The first kappa shape index (κ1) is 17.4. The number of rotatable bonds is 4. The Kier molecular flexibility index (Phi) is 5.13. The number of aryl methyl sites for hydroxylation is 1. The average molecular weight is 333 g/mol. The van der Waals surface area contributed by atoms with E-state index in [0.717, 1.165) is 7.11 Å². The molecule has 0 unspecified atom stereocenters. The van der Waals surface area contributed by atoms with Gasteiger partial charge in [0, 0.05) is 13.1 Å². The first-order chi connectivity index (χ1) is 11.3. The Morgan fingerprint density at radius 2 is 2.00 bits per heavy atom. The van der Waals surface area contributed by atoms with E-state index in [1.165, 1.54) is 31.3 Å². The van der Waals surface area contributed by atoms with E-state index in [0.29, 0.717) is 16.8 Å². The molecular formula is C17H16FNO5. The number of esters is 2. The molecule has 7 heteroatoms. The molecule has 0 aliphatic heterocycles. The normalized spacial score (nSPS) is 10.3. The Labute approximate surface area is 137 Å². The minimum atomic E-state index is -0.795. The fourth-order valence-electron chi connectivity index (χ4n) is 2.31. The highest BCUT2D eigenvalue weighted by molar-refractivity contribution is 5.90. The van der Waals surface area contributed by atoms with Crippen LogP contribution in [0.3, 0.4) is 0 Å². The number of carbonyl (C=O) groups is 2. The van der Waals surface area contributed by atoms with Crippen molar-refractivity contribution in [1.29, 1.82) is 0 Å². The summed E-state index contributed by atoms with van der Waals surface area (Å²) in [6, 6.07) is 3.92. The smallest absolute Gasteiger partial charge is 0.343 e. The largest absolute Gasteiger partial charge is 0.465 e. The molecule has 0 atom stereocenters. The standard InChI is InChI=1S/C17H16FNO5/c1-9-6-11(18)4-5-12(9)15-14(8-24-10(2)20)19-7-13(16(15)21)17(22)23-3/h4-7H,8H2,1-3H3,(H,19,21). The van der Waals surface area contributed by atoms with E-state index in [1.807, 2.05) is 0 Å². The molecule has 2 rings (SSSR count). The molecule has 0 saturated heterocycles. The molecule has 0 fully saturated rings. The van der Waals surface area contributed by atoms with E-state index in [2.05, 4.69) is 9.72 Å². The van der Waals surface area contributed by atoms with E-state index < -0.39 is 23.2 Å². The summed E-state index contributed by atoms with van der Waals surface area (Å²) in [5.74, 6) is -1.76. The molecule has 1 N–H and O–H groups in total. The number of aromatic nitrogens is 1. The summed E-state index contributed by atoms with van der Waals surface area (Å²) in [7, 11) is 1.16. The Morgan fingerprint density at radius 3 is 2.58 bits per heavy atom. The van der Waals surface area contributed by atoms with Crippen LogP contribution in [0.1, 0.15) is 28.5 Å². The first-order valence-electron chi connectivity index (χ1n) is 7.08. The van der Waals surface area contributed by atoms with Gasteiger partial charge in [-0.3, -0.25) is 9.59 Å². The van der Waals surface area contributed by atoms with E-state index in [-0.39, 0.29) is 17.7 Å². The van der Waals surface area contributed by atoms with E-state index in [9.17, 15) is 18.8 Å². The summed E-state index contributed by atoms with van der Waals surface area (Å²) in [6.45, 7) is 2.69. The van der Waals surface area contributed by atoms with Crippen LogP contribution in [0.4, 0.5) is 4.39 Å². The molecule has 1 aromatic carbocycles. The Balaban J connectivity index is 2.69. The first-order valence-corrected chi connectivity index (χ1v) is 7.08. The number of methoxy groups -OCH3 is 1. The molecule has 0 amide bonds. The van der Waals surface area contributed by atoms with Crippen LogP contribution in [0, 0.1) is 12.7 Å². The fraction of sp³-hybridized carbons (Fsp3) is 0.235. The maximum absolute atomic E-state index is 13.4. The summed E-state index contributed by atoms with van der Waals surface area (Å²) < 4.78 is 22.9. The molecule has 0 radical (unpaired) electrons. The van der Waals surface area contributed by atoms with Crippen molar-refractivity contribution in [2.75, 3.05) is 7.11 Å². The van der Waals surface area contributed by atoms with Crippen molar-refractivity contribution in [3.05, 3.63) is 57.3 Å². The molecule has 0 spiro atoms. The lowest BCUT2D eigenvalue weighted by Gasteiger charge is -2.13. The predicted octanol–water partition coefficient (Wildman–Crippen LogP) is 2.34. The zero-order valence-electron chi connectivity index (χ0n) is 13.4. The van der Waals surface area contributed by atoms with Gasteiger partial charge in [0.25, 0.3) is 0 Å². The van der Waals surface area contributed by atoms with Crippen LogP contribution in [0.2, 0.25) is 0 Å². The van der Waals surface area contributed by atoms with Crippen molar-refractivity contribution in [2.24, 2.45) is 0 Å². The topological polar surface area (TPSA) is 85.5 Å². The Morgan fingerprint density at radius 1 is 1.29 bits per heavy atom. The van der Waals surface area contributed by atoms with Gasteiger partial charge in [-0.05, 0) is 30.2 Å². The maximum atomic E-state index is 13.4. The lowest BCUT2D eigenvalue weighted by molar-refractivity contribution is -0.142. The molecule has 1 heterocycles. The number of pyridine rings is 1. The maximum Gasteiger partial charge on any atom is 0.343 e. The van der Waals surface area contributed by atoms with Gasteiger partial charge in [-0.1, -0.05) is 6.07 Å². The molecule has 0 aliphatic rings. The number of hydrogen-bond donors (Lipinski definition) is 1. The van der Waals surface area contributed by atoms with Crippen LogP contribution in [0.15, 0.2) is 29.2 Å². The third-order valence-electron chi connectivity index (χ3n) is 3.45. The van der Waals surface area contributed by atoms with Crippen LogP contribution >= 0.6 is 0 Å². The Bertz CT molecular complexity index is 857. The molecular weight excluding hydrogens is 317 g/mol. The van der Waals surface area contributed by atoms with Gasteiger partial charge in [-0.25, -0.2) is 9.18 Å². The highest BCUT2D eigenvalue weighted by Crippen LogP contribution is 2.25. The molecule has 1 aromatic heterocycles. The van der Waals surface area contributed by atoms with Crippen LogP contribution < -0.4 is 5.43 Å². The summed E-state index contributed by atoms with van der Waals surface area (Å²) in [4.78, 5) is 38.3. The number of aromatic amines is 1. The number of nitrogens with one attached hydrogen (secondary N) is 1. The molecule has 126 valence electrons.